The summed E-state index contributed by atoms with van der Waals surface area (Å²) in [6, 6.07) is 7.01. The standard InChI is InChI=1S/C25H30O6P/c1-15-11-16(2)21(17(3)12-15)23(26)25(9-7-8-10-25)32(28)24(27)22-19(30-5)13-18(29-4)14-20(22)31-6/h11-14H,7-10H2,1-6H3. The lowest BCUT2D eigenvalue weighted by molar-refractivity contribution is 0.0929. The van der Waals surface area contributed by atoms with E-state index in [9.17, 15) is 14.2 Å². The molecule has 6 nitrogen and oxygen atoms in total. The van der Waals surface area contributed by atoms with Crippen LogP contribution in [0.5, 0.6) is 17.2 Å². The molecular formula is C25H30O6P. The summed E-state index contributed by atoms with van der Waals surface area (Å²) >= 11 is 0. The van der Waals surface area contributed by atoms with Gasteiger partial charge in [0.1, 0.15) is 28.0 Å². The number of ether oxygens (including phenoxy) is 3. The van der Waals surface area contributed by atoms with E-state index in [1.165, 1.54) is 21.3 Å². The van der Waals surface area contributed by atoms with Gasteiger partial charge in [-0.3, -0.25) is 14.2 Å². The number of rotatable bonds is 8. The molecule has 2 aromatic rings. The van der Waals surface area contributed by atoms with Crippen LogP contribution in [0.15, 0.2) is 24.3 Å². The molecule has 0 heterocycles. The molecule has 7 heteroatoms. The molecule has 1 aliphatic rings. The number of aryl methyl sites for hydroxylation is 3. The molecule has 171 valence electrons. The van der Waals surface area contributed by atoms with Gasteiger partial charge in [0.2, 0.25) is 5.52 Å². The van der Waals surface area contributed by atoms with Gasteiger partial charge in [-0.05, 0) is 44.7 Å². The van der Waals surface area contributed by atoms with Crippen LogP contribution >= 0.6 is 7.80 Å². The SMILES string of the molecule is COc1cc(OC)c(C(=O)[P](=O)C2(C(=O)c3c(C)cc(C)cc3C)CCCC2)c(OC)c1. The van der Waals surface area contributed by atoms with Crippen LogP contribution in [0.2, 0.25) is 0 Å². The summed E-state index contributed by atoms with van der Waals surface area (Å²) in [5.41, 5.74) is 2.76. The Hall–Kier alpha value is -2.72. The maximum absolute atomic E-state index is 13.9. The highest BCUT2D eigenvalue weighted by Gasteiger charge is 2.51. The van der Waals surface area contributed by atoms with E-state index < -0.39 is 18.5 Å². The third-order valence-corrected chi connectivity index (χ3v) is 8.28. The van der Waals surface area contributed by atoms with Crippen molar-refractivity contribution in [1.82, 2.24) is 0 Å². The van der Waals surface area contributed by atoms with Crippen molar-refractivity contribution < 1.29 is 28.4 Å². The van der Waals surface area contributed by atoms with Crippen molar-refractivity contribution in [2.75, 3.05) is 21.3 Å². The van der Waals surface area contributed by atoms with Crippen LogP contribution in [0, 0.1) is 20.8 Å². The van der Waals surface area contributed by atoms with Crippen molar-refractivity contribution in [3.05, 3.63) is 52.1 Å². The third-order valence-electron chi connectivity index (χ3n) is 6.26. The lowest BCUT2D eigenvalue weighted by Crippen LogP contribution is -2.35. The first-order valence-corrected chi connectivity index (χ1v) is 11.9. The molecule has 3 rings (SSSR count). The van der Waals surface area contributed by atoms with E-state index in [0.717, 1.165) is 29.5 Å². The number of Topliss-reactive ketones (excluding diaryl/α,β-unsaturated/α-hetero) is 1. The third kappa shape index (κ3) is 4.04. The van der Waals surface area contributed by atoms with Crippen molar-refractivity contribution in [1.29, 1.82) is 0 Å². The summed E-state index contributed by atoms with van der Waals surface area (Å²) in [6.45, 7) is 5.76. The molecule has 2 aromatic carbocycles. The van der Waals surface area contributed by atoms with Crippen molar-refractivity contribution in [3.8, 4) is 17.2 Å². The number of benzene rings is 2. The highest BCUT2D eigenvalue weighted by atomic mass is 31.1. The van der Waals surface area contributed by atoms with E-state index in [1.54, 1.807) is 12.1 Å². The second-order valence-electron chi connectivity index (χ2n) is 8.35. The van der Waals surface area contributed by atoms with Gasteiger partial charge < -0.3 is 14.2 Å². The summed E-state index contributed by atoms with van der Waals surface area (Å²) in [5, 5.41) is -1.23. The summed E-state index contributed by atoms with van der Waals surface area (Å²) in [6.07, 6.45) is 2.34. The molecule has 1 unspecified atom stereocenters. The Morgan fingerprint density at radius 2 is 1.31 bits per heavy atom. The quantitative estimate of drug-likeness (QED) is 0.368. The van der Waals surface area contributed by atoms with Gasteiger partial charge in [0, 0.05) is 17.7 Å². The van der Waals surface area contributed by atoms with E-state index in [0.29, 0.717) is 24.2 Å². The lowest BCUT2D eigenvalue weighted by atomic mass is 9.88. The fraction of sp³-hybridized carbons (Fsp3) is 0.440. The smallest absolute Gasteiger partial charge is 0.250 e. The number of ketones is 1. The van der Waals surface area contributed by atoms with Gasteiger partial charge in [0.05, 0.1) is 21.3 Å². The van der Waals surface area contributed by atoms with Crippen LogP contribution in [0.1, 0.15) is 63.1 Å². The monoisotopic (exact) mass is 457 g/mol. The highest BCUT2D eigenvalue weighted by molar-refractivity contribution is 7.67. The number of hydrogen-bond acceptors (Lipinski definition) is 6. The lowest BCUT2D eigenvalue weighted by Gasteiger charge is -2.27. The van der Waals surface area contributed by atoms with Gasteiger partial charge in [0.25, 0.3) is 0 Å². The second kappa shape index (κ2) is 9.41. The molecule has 0 saturated heterocycles. The highest BCUT2D eigenvalue weighted by Crippen LogP contribution is 2.56. The zero-order valence-corrected chi connectivity index (χ0v) is 20.4. The van der Waals surface area contributed by atoms with Crippen molar-refractivity contribution in [3.63, 3.8) is 0 Å². The zero-order valence-electron chi connectivity index (χ0n) is 19.5. The largest absolute Gasteiger partial charge is 0.496 e. The van der Waals surface area contributed by atoms with E-state index in [2.05, 4.69) is 0 Å². The average molecular weight is 457 g/mol. The Balaban J connectivity index is 2.12. The summed E-state index contributed by atoms with van der Waals surface area (Å²) in [5.74, 6) is 0.657. The molecule has 0 aromatic heterocycles. The molecule has 0 N–H and O–H groups in total. The summed E-state index contributed by atoms with van der Waals surface area (Å²) in [7, 11) is 1.75. The first kappa shape index (κ1) is 23.9. The zero-order chi connectivity index (χ0) is 23.6. The fourth-order valence-electron chi connectivity index (χ4n) is 4.77. The Kier molecular flexibility index (Phi) is 7.04. The molecule has 0 spiro atoms. The van der Waals surface area contributed by atoms with Gasteiger partial charge in [0.15, 0.2) is 13.6 Å². The van der Waals surface area contributed by atoms with E-state index in [4.69, 9.17) is 14.2 Å². The fourth-order valence-corrected chi connectivity index (χ4v) is 6.60. The van der Waals surface area contributed by atoms with Crippen LogP contribution < -0.4 is 14.2 Å². The minimum Gasteiger partial charge on any atom is -0.496 e. The van der Waals surface area contributed by atoms with Gasteiger partial charge in [-0.25, -0.2) is 0 Å². The molecule has 1 saturated carbocycles. The van der Waals surface area contributed by atoms with Gasteiger partial charge in [-0.2, -0.15) is 0 Å². The number of hydrogen-bond donors (Lipinski definition) is 0. The normalized spacial score (nSPS) is 15.2. The molecule has 0 bridgehead atoms. The number of carbonyl (C=O) groups is 2. The van der Waals surface area contributed by atoms with E-state index in [-0.39, 0.29) is 22.8 Å². The molecule has 0 amide bonds. The molecule has 1 aliphatic carbocycles. The van der Waals surface area contributed by atoms with Gasteiger partial charge in [-0.15, -0.1) is 0 Å². The Bertz CT molecular complexity index is 1030. The van der Waals surface area contributed by atoms with E-state index >= 15 is 0 Å². The summed E-state index contributed by atoms with van der Waals surface area (Å²) in [4.78, 5) is 27.5. The Labute approximate surface area is 190 Å². The summed E-state index contributed by atoms with van der Waals surface area (Å²) < 4.78 is 29.9. The first-order chi connectivity index (χ1) is 15.2. The maximum atomic E-state index is 13.9. The predicted octanol–water partition coefficient (Wildman–Crippen LogP) is 5.80. The Morgan fingerprint density at radius 1 is 0.812 bits per heavy atom. The first-order valence-electron chi connectivity index (χ1n) is 10.6. The van der Waals surface area contributed by atoms with Crippen LogP contribution in [0.25, 0.3) is 0 Å². The van der Waals surface area contributed by atoms with E-state index in [1.807, 2.05) is 32.9 Å². The molecule has 1 radical (unpaired) electrons. The molecule has 32 heavy (non-hydrogen) atoms. The van der Waals surface area contributed by atoms with Crippen molar-refractivity contribution >= 4 is 19.1 Å². The molecule has 1 atom stereocenters. The minimum absolute atomic E-state index is 0.0772. The topological polar surface area (TPSA) is 78.9 Å². The molecule has 1 fully saturated rings. The van der Waals surface area contributed by atoms with Crippen molar-refractivity contribution in [2.45, 2.75) is 51.6 Å². The molecule has 0 aliphatic heterocycles. The van der Waals surface area contributed by atoms with Crippen LogP contribution in [-0.4, -0.2) is 37.8 Å². The van der Waals surface area contributed by atoms with Crippen LogP contribution in [0.3, 0.4) is 0 Å². The number of carbonyl (C=O) groups excluding carboxylic acids is 2. The van der Waals surface area contributed by atoms with Crippen molar-refractivity contribution in [2.24, 2.45) is 0 Å². The maximum Gasteiger partial charge on any atom is 0.250 e. The van der Waals surface area contributed by atoms with Crippen LogP contribution in [-0.2, 0) is 4.57 Å². The Morgan fingerprint density at radius 3 is 1.75 bits per heavy atom. The van der Waals surface area contributed by atoms with Gasteiger partial charge in [-0.1, -0.05) is 30.5 Å². The predicted molar refractivity (Wildman–Crippen MR) is 124 cm³/mol. The number of methoxy groups -OCH3 is 3. The second-order valence-corrected chi connectivity index (χ2v) is 10.2. The molecular weight excluding hydrogens is 427 g/mol. The van der Waals surface area contributed by atoms with Gasteiger partial charge >= 0.3 is 0 Å². The average Bonchev–Trinajstić information content (AvgIpc) is 3.27. The van der Waals surface area contributed by atoms with Crippen LogP contribution in [0.4, 0.5) is 0 Å². The minimum atomic E-state index is -2.60.